The molecule has 13 aromatic rings. The summed E-state index contributed by atoms with van der Waals surface area (Å²) in [6.45, 7) is 0. The van der Waals surface area contributed by atoms with E-state index >= 15 is 0 Å². The monoisotopic (exact) mass is 930 g/mol. The van der Waals surface area contributed by atoms with Crippen LogP contribution in [0.25, 0.3) is 47.5 Å². The molecule has 0 amide bonds. The Morgan fingerprint density at radius 2 is 1.03 bits per heavy atom. The van der Waals surface area contributed by atoms with Crippen LogP contribution in [-0.4, -0.2) is 30.5 Å². The van der Waals surface area contributed by atoms with Crippen molar-refractivity contribution in [3.63, 3.8) is 0 Å². The zero-order chi connectivity index (χ0) is 45.5. The Hall–Kier alpha value is -8.21. The number of imidazole rings is 1. The molecule has 0 aliphatic carbocycles. The Balaban J connectivity index is 1.15. The average Bonchev–Trinajstić information content (AvgIpc) is 4.08. The Morgan fingerprint density at radius 3 is 1.74 bits per heavy atom. The fourth-order valence-corrected chi connectivity index (χ4v) is 23.6. The van der Waals surface area contributed by atoms with Crippen LogP contribution >= 0.6 is 11.3 Å². The van der Waals surface area contributed by atoms with Crippen LogP contribution in [0.3, 0.4) is 0 Å². The summed E-state index contributed by atoms with van der Waals surface area (Å²) in [5, 5.41) is 16.9. The summed E-state index contributed by atoms with van der Waals surface area (Å²) in [5.74, 6) is 0.896. The maximum absolute atomic E-state index is 5.21. The number of para-hydroxylation sites is 1. The average molecular weight is 931 g/mol. The molecule has 0 bridgehead atoms. The van der Waals surface area contributed by atoms with E-state index in [1.54, 1.807) is 0 Å². The topological polar surface area (TPSA) is 33.4 Å². The predicted octanol–water partition coefficient (Wildman–Crippen LogP) is 9.94. The van der Waals surface area contributed by atoms with Gasteiger partial charge in [0, 0.05) is 60.9 Å². The van der Waals surface area contributed by atoms with Crippen molar-refractivity contribution < 1.29 is 0 Å². The van der Waals surface area contributed by atoms with Gasteiger partial charge in [0.1, 0.15) is 11.5 Å². The summed E-state index contributed by atoms with van der Waals surface area (Å²) in [7, 11) is -6.31. The molecule has 0 spiro atoms. The number of fused-ring (bicyclic) bond motifs is 12. The lowest BCUT2D eigenvalue weighted by molar-refractivity contribution is 1.19. The molecule has 9 aromatic carbocycles. The van der Waals surface area contributed by atoms with E-state index in [-0.39, 0.29) is 0 Å². The van der Waals surface area contributed by atoms with E-state index in [0.29, 0.717) is 0 Å². The molecule has 4 nitrogen and oxygen atoms in total. The van der Waals surface area contributed by atoms with Crippen LogP contribution in [0.4, 0.5) is 17.2 Å². The summed E-state index contributed by atoms with van der Waals surface area (Å²) < 4.78 is 4.89. The molecule has 0 radical (unpaired) electrons. The predicted molar refractivity (Wildman–Crippen MR) is 296 cm³/mol. The van der Waals surface area contributed by atoms with Gasteiger partial charge in [-0.2, -0.15) is 0 Å². The summed E-state index contributed by atoms with van der Waals surface area (Å²) in [4.78, 5) is 12.7. The minimum absolute atomic E-state index is 0.896. The van der Waals surface area contributed by atoms with Crippen molar-refractivity contribution in [1.29, 1.82) is 0 Å². The SMILES string of the molecule is c1ccc([Si](c2ccccc2)(c2ccc3c(c2)N(c2ccccn2)c2ccc4c(sc5ccccc54)c2[Si]3(c2ccccc2)c2ccccc2)c2ccc3c4ccccc4n4ccnc4c3c2)cc1. The van der Waals surface area contributed by atoms with Gasteiger partial charge in [0.05, 0.1) is 5.52 Å². The van der Waals surface area contributed by atoms with E-state index < -0.39 is 16.1 Å². The van der Waals surface area contributed by atoms with Crippen LogP contribution in [0.2, 0.25) is 0 Å². The van der Waals surface area contributed by atoms with Crippen molar-refractivity contribution in [2.75, 3.05) is 4.90 Å². The quantitative estimate of drug-likeness (QED) is 0.0908. The lowest BCUT2D eigenvalue weighted by Crippen LogP contribution is -2.78. The van der Waals surface area contributed by atoms with Gasteiger partial charge in [0.15, 0.2) is 16.1 Å². The van der Waals surface area contributed by atoms with E-state index in [4.69, 9.17) is 9.97 Å². The summed E-state index contributed by atoms with van der Waals surface area (Å²) in [6, 6.07) is 89.1. The molecule has 324 valence electrons. The largest absolute Gasteiger partial charge is 0.299 e. The molecule has 14 rings (SSSR count). The normalized spacial score (nSPS) is 13.3. The van der Waals surface area contributed by atoms with Crippen molar-refractivity contribution in [3.8, 4) is 0 Å². The lowest BCUT2D eigenvalue weighted by Gasteiger charge is -2.45. The highest BCUT2D eigenvalue weighted by atomic mass is 32.1. The van der Waals surface area contributed by atoms with Crippen LogP contribution in [0.5, 0.6) is 0 Å². The highest BCUT2D eigenvalue weighted by Gasteiger charge is 2.52. The number of hydrogen-bond acceptors (Lipinski definition) is 4. The minimum atomic E-state index is -3.17. The van der Waals surface area contributed by atoms with Crippen molar-refractivity contribution in [1.82, 2.24) is 14.4 Å². The molecule has 1 aliphatic heterocycles. The molecule has 4 aromatic heterocycles. The molecule has 69 heavy (non-hydrogen) atoms. The van der Waals surface area contributed by atoms with E-state index in [2.05, 4.69) is 246 Å². The maximum atomic E-state index is 5.21. The molecule has 0 saturated heterocycles. The van der Waals surface area contributed by atoms with Gasteiger partial charge >= 0.3 is 0 Å². The number of nitrogens with zero attached hydrogens (tertiary/aromatic N) is 4. The molecule has 7 heteroatoms. The third-order valence-electron chi connectivity index (χ3n) is 14.7. The fourth-order valence-electron chi connectivity index (χ4n) is 11.9. The number of benzene rings is 9. The first-order chi connectivity index (χ1) is 34.2. The molecular formula is C62H42N4SSi2. The maximum Gasteiger partial charge on any atom is 0.185 e. The fraction of sp³-hybridized carbons (Fsp3) is 0. The van der Waals surface area contributed by atoms with Gasteiger partial charge in [-0.05, 0) is 83.3 Å². The molecule has 0 fully saturated rings. The molecule has 5 heterocycles. The van der Waals surface area contributed by atoms with Gasteiger partial charge in [-0.15, -0.1) is 11.3 Å². The second-order valence-corrected chi connectivity index (χ2v) is 26.6. The Kier molecular flexibility index (Phi) is 9.07. The van der Waals surface area contributed by atoms with Gasteiger partial charge in [-0.1, -0.05) is 200 Å². The second-order valence-electron chi connectivity index (χ2n) is 18.1. The molecule has 0 unspecified atom stereocenters. The van der Waals surface area contributed by atoms with E-state index in [0.717, 1.165) is 22.4 Å². The highest BCUT2D eigenvalue weighted by molar-refractivity contribution is 7.31. The minimum Gasteiger partial charge on any atom is -0.299 e. The van der Waals surface area contributed by atoms with Gasteiger partial charge in [0.2, 0.25) is 0 Å². The van der Waals surface area contributed by atoms with Crippen molar-refractivity contribution in [2.24, 2.45) is 0 Å². The van der Waals surface area contributed by atoms with Crippen LogP contribution in [0.15, 0.2) is 255 Å². The van der Waals surface area contributed by atoms with Crippen molar-refractivity contribution >= 4 is 134 Å². The highest BCUT2D eigenvalue weighted by Crippen LogP contribution is 2.43. The van der Waals surface area contributed by atoms with Crippen LogP contribution in [0, 0.1) is 0 Å². The summed E-state index contributed by atoms with van der Waals surface area (Å²) >= 11 is 1.93. The number of thiophene rings is 1. The summed E-state index contributed by atoms with van der Waals surface area (Å²) in [5.41, 5.74) is 4.47. The molecule has 1 aliphatic rings. The first-order valence-corrected chi connectivity index (χ1v) is 28.4. The van der Waals surface area contributed by atoms with Crippen molar-refractivity contribution in [2.45, 2.75) is 0 Å². The lowest BCUT2D eigenvalue weighted by atomic mass is 10.1. The Bertz CT molecular complexity index is 4010. The number of rotatable bonds is 7. The van der Waals surface area contributed by atoms with E-state index in [1.165, 1.54) is 83.8 Å². The molecular weight excluding hydrogens is 889 g/mol. The van der Waals surface area contributed by atoms with E-state index in [9.17, 15) is 0 Å². The van der Waals surface area contributed by atoms with E-state index in [1.807, 2.05) is 29.8 Å². The first kappa shape index (κ1) is 39.9. The number of pyridine rings is 2. The standard InChI is InChI=1S/C62H42N4SSi2/c1-5-19-43(20-6-1)68(44-21-7-2-8-22-44,47-32-34-49-50-27-13-15-29-54(50)65-40-39-64-62(65)53(49)41-47)48-33-37-58-56(42-48)66(59-31-17-18-38-63-59)55-36-35-52-51-28-14-16-30-57(51)67-60(52)61(55)69(58,45-23-9-3-10-24-45)46-25-11-4-12-26-46/h1-42H. The van der Waals surface area contributed by atoms with Crippen molar-refractivity contribution in [3.05, 3.63) is 255 Å². The molecule has 0 atom stereocenters. The second kappa shape index (κ2) is 15.7. The zero-order valence-electron chi connectivity index (χ0n) is 37.4. The zero-order valence-corrected chi connectivity index (χ0v) is 40.3. The first-order valence-electron chi connectivity index (χ1n) is 23.6. The molecule has 0 saturated carbocycles. The van der Waals surface area contributed by atoms with Crippen LogP contribution in [0.1, 0.15) is 0 Å². The summed E-state index contributed by atoms with van der Waals surface area (Å²) in [6.07, 6.45) is 5.97. The number of anilines is 3. The number of hydrogen-bond donors (Lipinski definition) is 0. The number of aromatic nitrogens is 3. The van der Waals surface area contributed by atoms with Gasteiger partial charge in [0.25, 0.3) is 0 Å². The molecule has 0 N–H and O–H groups in total. The van der Waals surface area contributed by atoms with Gasteiger partial charge in [-0.3, -0.25) is 9.30 Å². The van der Waals surface area contributed by atoms with Gasteiger partial charge in [-0.25, -0.2) is 9.97 Å². The third-order valence-corrected chi connectivity index (χ3v) is 25.7. The smallest absolute Gasteiger partial charge is 0.185 e. The van der Waals surface area contributed by atoms with Crippen LogP contribution < -0.4 is 46.4 Å². The Labute approximate surface area is 405 Å². The van der Waals surface area contributed by atoms with Crippen LogP contribution in [-0.2, 0) is 0 Å². The Morgan fingerprint density at radius 1 is 0.420 bits per heavy atom. The van der Waals surface area contributed by atoms with Gasteiger partial charge < -0.3 is 0 Å². The third kappa shape index (κ3) is 5.72.